The van der Waals surface area contributed by atoms with Crippen LogP contribution in [0.15, 0.2) is 24.3 Å². The molecular weight excluding hydrogens is 248 g/mol. The number of hydrogen-bond donors (Lipinski definition) is 1. The molecule has 2 bridgehead atoms. The van der Waals surface area contributed by atoms with Gasteiger partial charge in [-0.15, -0.1) is 0 Å². The number of nitrogens with two attached hydrogens (primary N) is 1. The molecule has 4 unspecified atom stereocenters. The molecule has 1 aromatic rings. The Morgan fingerprint density at radius 2 is 2.00 bits per heavy atom. The average Bonchev–Trinajstić information content (AvgIpc) is 3.02. The zero-order valence-corrected chi connectivity index (χ0v) is 12.4. The van der Waals surface area contributed by atoms with Crippen molar-refractivity contribution in [1.29, 1.82) is 0 Å². The van der Waals surface area contributed by atoms with Crippen LogP contribution in [0, 0.1) is 24.7 Å². The standard InChI is InChI=1S/C17H24N2O/c1-3-19(14-7-5-4-6-11(14)2)17(20)15-12-8-9-13(10-12)16(15)18/h4-7,12-13,15-16H,3,8-10,18H2,1-2H3. The van der Waals surface area contributed by atoms with Crippen molar-refractivity contribution < 1.29 is 4.79 Å². The van der Waals surface area contributed by atoms with Crippen LogP contribution < -0.4 is 10.6 Å². The first-order chi connectivity index (χ1) is 9.63. The molecule has 2 N–H and O–H groups in total. The predicted molar refractivity (Wildman–Crippen MR) is 81.5 cm³/mol. The van der Waals surface area contributed by atoms with Crippen LogP contribution in [0.25, 0.3) is 0 Å². The fraction of sp³-hybridized carbons (Fsp3) is 0.588. The Bertz CT molecular complexity index is 511. The maximum atomic E-state index is 13.0. The van der Waals surface area contributed by atoms with Crippen molar-refractivity contribution in [3.8, 4) is 0 Å². The Hall–Kier alpha value is -1.35. The van der Waals surface area contributed by atoms with Gasteiger partial charge in [0.15, 0.2) is 0 Å². The molecule has 0 heterocycles. The molecular formula is C17H24N2O. The predicted octanol–water partition coefficient (Wildman–Crippen LogP) is 2.72. The van der Waals surface area contributed by atoms with Crippen molar-refractivity contribution in [1.82, 2.24) is 0 Å². The van der Waals surface area contributed by atoms with Crippen LogP contribution in [-0.4, -0.2) is 18.5 Å². The first-order valence-corrected chi connectivity index (χ1v) is 7.76. The second-order valence-corrected chi connectivity index (χ2v) is 6.31. The first kappa shape index (κ1) is 13.6. The van der Waals surface area contributed by atoms with Crippen molar-refractivity contribution >= 4 is 11.6 Å². The fourth-order valence-corrected chi connectivity index (χ4v) is 4.19. The molecule has 1 amide bonds. The third kappa shape index (κ3) is 2.05. The van der Waals surface area contributed by atoms with Crippen molar-refractivity contribution in [2.24, 2.45) is 23.5 Å². The summed E-state index contributed by atoms with van der Waals surface area (Å²) in [6, 6.07) is 8.18. The summed E-state index contributed by atoms with van der Waals surface area (Å²) in [5.41, 5.74) is 8.52. The highest BCUT2D eigenvalue weighted by Gasteiger charge is 2.50. The van der Waals surface area contributed by atoms with Crippen LogP contribution in [-0.2, 0) is 4.79 Å². The Balaban J connectivity index is 1.87. The zero-order valence-electron chi connectivity index (χ0n) is 12.4. The van der Waals surface area contributed by atoms with Gasteiger partial charge in [0.2, 0.25) is 5.91 Å². The molecule has 2 fully saturated rings. The molecule has 0 saturated heterocycles. The molecule has 3 rings (SSSR count). The van der Waals surface area contributed by atoms with Crippen molar-refractivity contribution in [2.45, 2.75) is 39.2 Å². The molecule has 0 radical (unpaired) electrons. The topological polar surface area (TPSA) is 46.3 Å². The molecule has 20 heavy (non-hydrogen) atoms. The monoisotopic (exact) mass is 272 g/mol. The minimum atomic E-state index is 0.0355. The van der Waals surface area contributed by atoms with E-state index in [9.17, 15) is 4.79 Å². The van der Waals surface area contributed by atoms with Crippen LogP contribution in [0.4, 0.5) is 5.69 Å². The van der Waals surface area contributed by atoms with Gasteiger partial charge >= 0.3 is 0 Å². The van der Waals surface area contributed by atoms with Crippen molar-refractivity contribution in [2.75, 3.05) is 11.4 Å². The van der Waals surface area contributed by atoms with E-state index >= 15 is 0 Å². The summed E-state index contributed by atoms with van der Waals surface area (Å²) in [4.78, 5) is 14.9. The molecule has 0 aliphatic heterocycles. The molecule has 0 aromatic heterocycles. The van der Waals surface area contributed by atoms with E-state index in [1.54, 1.807) is 0 Å². The van der Waals surface area contributed by atoms with E-state index in [2.05, 4.69) is 13.0 Å². The van der Waals surface area contributed by atoms with Gasteiger partial charge in [0.25, 0.3) is 0 Å². The lowest BCUT2D eigenvalue weighted by Gasteiger charge is -2.32. The van der Waals surface area contributed by atoms with E-state index in [1.807, 2.05) is 30.0 Å². The third-order valence-electron chi connectivity index (χ3n) is 5.25. The van der Waals surface area contributed by atoms with Crippen LogP contribution in [0.3, 0.4) is 0 Å². The second kappa shape index (κ2) is 5.21. The van der Waals surface area contributed by atoms with E-state index in [-0.39, 0.29) is 17.9 Å². The number of aryl methyl sites for hydroxylation is 1. The van der Waals surface area contributed by atoms with Crippen LogP contribution in [0.1, 0.15) is 31.7 Å². The Morgan fingerprint density at radius 3 is 2.60 bits per heavy atom. The molecule has 0 spiro atoms. The van der Waals surface area contributed by atoms with Gasteiger partial charge in [-0.3, -0.25) is 4.79 Å². The highest BCUT2D eigenvalue weighted by Crippen LogP contribution is 2.48. The summed E-state index contributed by atoms with van der Waals surface area (Å²) in [5, 5.41) is 0. The van der Waals surface area contributed by atoms with Gasteiger partial charge in [0.05, 0.1) is 5.92 Å². The number of amides is 1. The van der Waals surface area contributed by atoms with E-state index in [0.717, 1.165) is 17.7 Å². The van der Waals surface area contributed by atoms with E-state index in [1.165, 1.54) is 12.8 Å². The minimum absolute atomic E-state index is 0.0355. The quantitative estimate of drug-likeness (QED) is 0.919. The zero-order chi connectivity index (χ0) is 14.3. The number of nitrogens with zero attached hydrogens (tertiary/aromatic N) is 1. The second-order valence-electron chi connectivity index (χ2n) is 6.31. The largest absolute Gasteiger partial charge is 0.327 e. The highest BCUT2D eigenvalue weighted by molar-refractivity contribution is 5.96. The number of anilines is 1. The van der Waals surface area contributed by atoms with Gasteiger partial charge < -0.3 is 10.6 Å². The number of carbonyl (C=O) groups is 1. The summed E-state index contributed by atoms with van der Waals surface area (Å²) >= 11 is 0. The Kier molecular flexibility index (Phi) is 3.55. The average molecular weight is 272 g/mol. The lowest BCUT2D eigenvalue weighted by atomic mass is 9.84. The number of carbonyl (C=O) groups excluding carboxylic acids is 1. The highest BCUT2D eigenvalue weighted by atomic mass is 16.2. The van der Waals surface area contributed by atoms with Crippen molar-refractivity contribution in [3.63, 3.8) is 0 Å². The minimum Gasteiger partial charge on any atom is -0.327 e. The molecule has 3 nitrogen and oxygen atoms in total. The van der Waals surface area contributed by atoms with Crippen molar-refractivity contribution in [3.05, 3.63) is 29.8 Å². The summed E-state index contributed by atoms with van der Waals surface area (Å²) in [5.74, 6) is 1.36. The number of para-hydroxylation sites is 1. The molecule has 3 heteroatoms. The third-order valence-corrected chi connectivity index (χ3v) is 5.25. The number of hydrogen-bond acceptors (Lipinski definition) is 2. The van der Waals surface area contributed by atoms with Gasteiger partial charge in [0.1, 0.15) is 0 Å². The lowest BCUT2D eigenvalue weighted by molar-refractivity contribution is -0.124. The summed E-state index contributed by atoms with van der Waals surface area (Å²) in [7, 11) is 0. The van der Waals surface area contributed by atoms with E-state index in [0.29, 0.717) is 18.4 Å². The lowest BCUT2D eigenvalue weighted by Crippen LogP contribution is -2.47. The fourth-order valence-electron chi connectivity index (χ4n) is 4.19. The van der Waals surface area contributed by atoms with Gasteiger partial charge in [-0.05, 0) is 56.6 Å². The smallest absolute Gasteiger partial charge is 0.231 e. The van der Waals surface area contributed by atoms with Crippen LogP contribution in [0.5, 0.6) is 0 Å². The molecule has 2 saturated carbocycles. The number of benzene rings is 1. The molecule has 2 aliphatic rings. The summed E-state index contributed by atoms with van der Waals surface area (Å²) in [6.07, 6.45) is 3.55. The van der Waals surface area contributed by atoms with Gasteiger partial charge in [-0.25, -0.2) is 0 Å². The van der Waals surface area contributed by atoms with Gasteiger partial charge in [0, 0.05) is 18.3 Å². The number of fused-ring (bicyclic) bond motifs is 2. The molecule has 4 atom stereocenters. The SMILES string of the molecule is CCN(C(=O)C1C2CCC(C2)C1N)c1ccccc1C. The van der Waals surface area contributed by atoms with Crippen LogP contribution in [0.2, 0.25) is 0 Å². The van der Waals surface area contributed by atoms with E-state index < -0.39 is 0 Å². The maximum Gasteiger partial charge on any atom is 0.231 e. The summed E-state index contributed by atoms with van der Waals surface area (Å²) < 4.78 is 0. The molecule has 108 valence electrons. The molecule has 1 aromatic carbocycles. The first-order valence-electron chi connectivity index (χ1n) is 7.76. The maximum absolute atomic E-state index is 13.0. The molecule has 2 aliphatic carbocycles. The Labute approximate surface area is 121 Å². The van der Waals surface area contributed by atoms with Crippen LogP contribution >= 0.6 is 0 Å². The Morgan fingerprint density at radius 1 is 1.30 bits per heavy atom. The summed E-state index contributed by atoms with van der Waals surface area (Å²) in [6.45, 7) is 4.82. The van der Waals surface area contributed by atoms with Gasteiger partial charge in [-0.2, -0.15) is 0 Å². The van der Waals surface area contributed by atoms with Gasteiger partial charge in [-0.1, -0.05) is 18.2 Å². The number of rotatable bonds is 3. The van der Waals surface area contributed by atoms with E-state index in [4.69, 9.17) is 5.73 Å². The normalized spacial score (nSPS) is 31.6.